The van der Waals surface area contributed by atoms with Crippen LogP contribution in [0.4, 0.5) is 5.69 Å². The third-order valence-electron chi connectivity index (χ3n) is 5.55. The maximum atomic E-state index is 5.88. The first-order valence-electron chi connectivity index (χ1n) is 10.1. The van der Waals surface area contributed by atoms with E-state index in [-0.39, 0.29) is 0 Å². The van der Waals surface area contributed by atoms with Gasteiger partial charge in [0.05, 0.1) is 27.0 Å². The highest BCUT2D eigenvalue weighted by molar-refractivity contribution is 7.80. The first-order chi connectivity index (χ1) is 14.5. The summed E-state index contributed by atoms with van der Waals surface area (Å²) in [5.74, 6) is 2.33. The molecular formula is C23H31N3O3S. The molecule has 0 saturated carbocycles. The van der Waals surface area contributed by atoms with Crippen molar-refractivity contribution in [1.29, 1.82) is 0 Å². The molecule has 0 radical (unpaired) electrons. The fourth-order valence-electron chi connectivity index (χ4n) is 3.70. The van der Waals surface area contributed by atoms with Crippen molar-refractivity contribution in [2.24, 2.45) is 0 Å². The van der Waals surface area contributed by atoms with E-state index in [1.165, 1.54) is 5.56 Å². The summed E-state index contributed by atoms with van der Waals surface area (Å²) in [5.41, 5.74) is 1.99. The summed E-state index contributed by atoms with van der Waals surface area (Å²) in [6.07, 6.45) is 2.15. The number of hydrogen-bond acceptors (Lipinski definition) is 5. The predicted molar refractivity (Wildman–Crippen MR) is 125 cm³/mol. The van der Waals surface area contributed by atoms with Crippen LogP contribution in [0.15, 0.2) is 42.5 Å². The number of piperidine rings is 1. The molecule has 2 aromatic carbocycles. The highest BCUT2D eigenvalue weighted by Gasteiger charge is 2.26. The molecule has 162 valence electrons. The quantitative estimate of drug-likeness (QED) is 0.668. The Morgan fingerprint density at radius 1 is 1.00 bits per heavy atom. The summed E-state index contributed by atoms with van der Waals surface area (Å²) < 4.78 is 16.2. The molecule has 0 amide bonds. The van der Waals surface area contributed by atoms with Crippen molar-refractivity contribution >= 4 is 23.0 Å². The van der Waals surface area contributed by atoms with Crippen LogP contribution in [0, 0.1) is 0 Å². The van der Waals surface area contributed by atoms with Gasteiger partial charge in [-0.05, 0) is 75.0 Å². The van der Waals surface area contributed by atoms with E-state index in [0.29, 0.717) is 11.2 Å². The average molecular weight is 430 g/mol. The molecule has 0 unspecified atom stereocenters. The van der Waals surface area contributed by atoms with E-state index in [9.17, 15) is 0 Å². The third kappa shape index (κ3) is 5.55. The fraction of sp³-hybridized carbons (Fsp3) is 0.435. The van der Waals surface area contributed by atoms with Crippen molar-refractivity contribution in [1.82, 2.24) is 9.80 Å². The average Bonchev–Trinajstić information content (AvgIpc) is 2.78. The lowest BCUT2D eigenvalue weighted by atomic mass is 10.0. The largest absolute Gasteiger partial charge is 0.497 e. The Balaban J connectivity index is 1.82. The van der Waals surface area contributed by atoms with Gasteiger partial charge in [-0.15, -0.1) is 0 Å². The number of rotatable bonds is 7. The molecule has 1 heterocycles. The summed E-state index contributed by atoms with van der Waals surface area (Å²) in [7, 11) is 7.16. The van der Waals surface area contributed by atoms with Crippen LogP contribution in [0.5, 0.6) is 17.2 Å². The van der Waals surface area contributed by atoms with Crippen LogP contribution in [0.3, 0.4) is 0 Å². The van der Waals surface area contributed by atoms with Gasteiger partial charge in [-0.3, -0.25) is 0 Å². The van der Waals surface area contributed by atoms with Crippen LogP contribution in [-0.2, 0) is 6.54 Å². The monoisotopic (exact) mass is 429 g/mol. The number of anilines is 1. The molecule has 1 saturated heterocycles. The fourth-order valence-corrected chi connectivity index (χ4v) is 4.02. The normalized spacial score (nSPS) is 14.8. The number of nitrogens with zero attached hydrogens (tertiary/aromatic N) is 2. The molecule has 1 fully saturated rings. The van der Waals surface area contributed by atoms with E-state index < -0.39 is 0 Å². The number of benzene rings is 2. The molecule has 3 rings (SSSR count). The molecule has 1 N–H and O–H groups in total. The van der Waals surface area contributed by atoms with E-state index in [2.05, 4.69) is 34.3 Å². The molecule has 30 heavy (non-hydrogen) atoms. The highest BCUT2D eigenvalue weighted by Crippen LogP contribution is 2.30. The smallest absolute Gasteiger partial charge is 0.174 e. The first-order valence-corrected chi connectivity index (χ1v) is 10.6. The highest BCUT2D eigenvalue weighted by atomic mass is 32.1. The second kappa shape index (κ2) is 10.5. The van der Waals surface area contributed by atoms with Gasteiger partial charge in [0, 0.05) is 18.7 Å². The Kier molecular flexibility index (Phi) is 7.76. The topological polar surface area (TPSA) is 46.2 Å². The van der Waals surface area contributed by atoms with Gasteiger partial charge in [0.25, 0.3) is 0 Å². The number of hydrogen-bond donors (Lipinski definition) is 1. The van der Waals surface area contributed by atoms with Crippen LogP contribution in [0.2, 0.25) is 0 Å². The molecule has 0 spiro atoms. The standard InChI is InChI=1S/C23H31N3O3S/c1-25-13-11-18(12-14-25)26(16-17-5-7-19(27-2)8-6-17)23(30)24-21-15-20(28-3)9-10-22(21)29-4/h5-10,15,18H,11-14,16H2,1-4H3,(H,24,30). The van der Waals surface area contributed by atoms with Gasteiger partial charge >= 0.3 is 0 Å². The van der Waals surface area contributed by atoms with Gasteiger partial charge in [0.1, 0.15) is 17.2 Å². The van der Waals surface area contributed by atoms with E-state index >= 15 is 0 Å². The lowest BCUT2D eigenvalue weighted by Crippen LogP contribution is -2.47. The zero-order valence-electron chi connectivity index (χ0n) is 18.2. The van der Waals surface area contributed by atoms with Crippen LogP contribution in [-0.4, -0.2) is 62.4 Å². The number of likely N-dealkylation sites (tertiary alicyclic amines) is 1. The second-order valence-electron chi connectivity index (χ2n) is 7.51. The van der Waals surface area contributed by atoms with Crippen LogP contribution in [0.1, 0.15) is 18.4 Å². The second-order valence-corrected chi connectivity index (χ2v) is 7.89. The SMILES string of the molecule is COc1ccc(CN(C(=S)Nc2cc(OC)ccc2OC)C2CCN(C)CC2)cc1. The zero-order valence-corrected chi connectivity index (χ0v) is 19.0. The van der Waals surface area contributed by atoms with E-state index in [0.717, 1.165) is 55.4 Å². The molecule has 2 aromatic rings. The van der Waals surface area contributed by atoms with Crippen molar-refractivity contribution in [3.05, 3.63) is 48.0 Å². The van der Waals surface area contributed by atoms with Gasteiger partial charge in [-0.25, -0.2) is 0 Å². The molecule has 0 atom stereocenters. The predicted octanol–water partition coefficient (Wildman–Crippen LogP) is 4.01. The maximum Gasteiger partial charge on any atom is 0.174 e. The Bertz CT molecular complexity index is 836. The van der Waals surface area contributed by atoms with E-state index in [1.54, 1.807) is 21.3 Å². The first kappa shape index (κ1) is 22.2. The molecule has 0 bridgehead atoms. The Labute approximate surface area is 184 Å². The van der Waals surface area contributed by atoms with Gasteiger partial charge in [0.2, 0.25) is 0 Å². The van der Waals surface area contributed by atoms with Crippen molar-refractivity contribution in [3.8, 4) is 17.2 Å². The van der Waals surface area contributed by atoms with Crippen molar-refractivity contribution < 1.29 is 14.2 Å². The van der Waals surface area contributed by atoms with Gasteiger partial charge < -0.3 is 29.3 Å². The van der Waals surface area contributed by atoms with Crippen LogP contribution >= 0.6 is 12.2 Å². The number of methoxy groups -OCH3 is 3. The maximum absolute atomic E-state index is 5.88. The Morgan fingerprint density at radius 3 is 2.23 bits per heavy atom. The zero-order chi connectivity index (χ0) is 21.5. The Morgan fingerprint density at radius 2 is 1.63 bits per heavy atom. The van der Waals surface area contributed by atoms with Crippen LogP contribution in [0.25, 0.3) is 0 Å². The van der Waals surface area contributed by atoms with Crippen molar-refractivity contribution in [3.63, 3.8) is 0 Å². The van der Waals surface area contributed by atoms with Gasteiger partial charge in [0.15, 0.2) is 5.11 Å². The summed E-state index contributed by atoms with van der Waals surface area (Å²) in [4.78, 5) is 4.66. The van der Waals surface area contributed by atoms with Crippen LogP contribution < -0.4 is 19.5 Å². The molecule has 6 nitrogen and oxygen atoms in total. The van der Waals surface area contributed by atoms with Gasteiger partial charge in [-0.1, -0.05) is 12.1 Å². The summed E-state index contributed by atoms with van der Waals surface area (Å²) in [5, 5.41) is 4.09. The number of thiocarbonyl (C=S) groups is 1. The minimum atomic E-state index is 0.375. The lowest BCUT2D eigenvalue weighted by Gasteiger charge is -2.39. The van der Waals surface area contributed by atoms with Gasteiger partial charge in [-0.2, -0.15) is 0 Å². The molecular weight excluding hydrogens is 398 g/mol. The number of ether oxygens (including phenoxy) is 3. The Hall–Kier alpha value is -2.51. The van der Waals surface area contributed by atoms with E-state index in [4.69, 9.17) is 26.4 Å². The molecule has 1 aliphatic heterocycles. The number of nitrogens with one attached hydrogen (secondary N) is 1. The third-order valence-corrected chi connectivity index (χ3v) is 5.89. The lowest BCUT2D eigenvalue weighted by molar-refractivity contribution is 0.173. The van der Waals surface area contributed by atoms with Crippen molar-refractivity contribution in [2.45, 2.75) is 25.4 Å². The van der Waals surface area contributed by atoms with E-state index in [1.807, 2.05) is 30.3 Å². The molecule has 1 aliphatic rings. The van der Waals surface area contributed by atoms with Crippen molar-refractivity contribution in [2.75, 3.05) is 46.8 Å². The minimum Gasteiger partial charge on any atom is -0.497 e. The minimum absolute atomic E-state index is 0.375. The molecule has 0 aromatic heterocycles. The summed E-state index contributed by atoms with van der Waals surface area (Å²) in [6, 6.07) is 14.2. The summed E-state index contributed by atoms with van der Waals surface area (Å²) in [6.45, 7) is 2.86. The summed E-state index contributed by atoms with van der Waals surface area (Å²) >= 11 is 5.88. The molecule has 7 heteroatoms. The molecule has 0 aliphatic carbocycles.